The SMILES string of the molecule is O=C1N[C@@H]2CCN(S(=O)(=O)N3CCCC3)C[C@@H]2C/C=C/CCOc2ccccc21. The number of carbonyl (C=O) groups is 1. The second kappa shape index (κ2) is 8.85. The first-order valence-corrected chi connectivity index (χ1v) is 11.9. The van der Waals surface area contributed by atoms with Crippen molar-refractivity contribution >= 4 is 16.1 Å². The van der Waals surface area contributed by atoms with Gasteiger partial charge < -0.3 is 10.1 Å². The third kappa shape index (κ3) is 4.49. The first-order valence-electron chi connectivity index (χ1n) is 10.5. The number of carbonyl (C=O) groups excluding carboxylic acids is 1. The molecule has 0 radical (unpaired) electrons. The van der Waals surface area contributed by atoms with Crippen molar-refractivity contribution in [1.82, 2.24) is 13.9 Å². The molecule has 0 spiro atoms. The van der Waals surface area contributed by atoms with Crippen LogP contribution in [-0.4, -0.2) is 61.8 Å². The maximum absolute atomic E-state index is 13.0. The molecule has 29 heavy (non-hydrogen) atoms. The van der Waals surface area contributed by atoms with Crippen molar-refractivity contribution in [2.75, 3.05) is 32.8 Å². The molecule has 8 heteroatoms. The van der Waals surface area contributed by atoms with Gasteiger partial charge in [-0.1, -0.05) is 24.3 Å². The molecule has 1 aromatic rings. The van der Waals surface area contributed by atoms with Gasteiger partial charge in [0, 0.05) is 32.2 Å². The highest BCUT2D eigenvalue weighted by Gasteiger charge is 2.38. The summed E-state index contributed by atoms with van der Waals surface area (Å²) in [5, 5.41) is 3.15. The molecule has 158 valence electrons. The predicted molar refractivity (Wildman–Crippen MR) is 111 cm³/mol. The first kappa shape index (κ1) is 20.4. The van der Waals surface area contributed by atoms with Crippen molar-refractivity contribution in [1.29, 1.82) is 0 Å². The van der Waals surface area contributed by atoms with Gasteiger partial charge in [-0.15, -0.1) is 0 Å². The molecule has 3 heterocycles. The molecule has 3 aliphatic rings. The zero-order chi connectivity index (χ0) is 20.3. The third-order valence-corrected chi connectivity index (χ3v) is 8.01. The van der Waals surface area contributed by atoms with E-state index in [0.29, 0.717) is 50.5 Å². The highest BCUT2D eigenvalue weighted by molar-refractivity contribution is 7.86. The molecule has 2 saturated heterocycles. The Balaban J connectivity index is 1.53. The smallest absolute Gasteiger partial charge is 0.281 e. The number of nitrogens with zero attached hydrogens (tertiary/aromatic N) is 2. The summed E-state index contributed by atoms with van der Waals surface area (Å²) in [6, 6.07) is 7.21. The summed E-state index contributed by atoms with van der Waals surface area (Å²) in [5.74, 6) is 0.481. The van der Waals surface area contributed by atoms with Crippen molar-refractivity contribution in [3.63, 3.8) is 0 Å². The Labute approximate surface area is 172 Å². The minimum absolute atomic E-state index is 0.0498. The Morgan fingerprint density at radius 2 is 1.83 bits per heavy atom. The molecule has 3 aliphatic heterocycles. The first-order chi connectivity index (χ1) is 14.1. The molecule has 0 bridgehead atoms. The van der Waals surface area contributed by atoms with Gasteiger partial charge in [-0.2, -0.15) is 17.0 Å². The minimum Gasteiger partial charge on any atom is -0.492 e. The van der Waals surface area contributed by atoms with Gasteiger partial charge in [-0.25, -0.2) is 0 Å². The molecule has 2 fully saturated rings. The Hall–Kier alpha value is -1.90. The zero-order valence-electron chi connectivity index (χ0n) is 16.6. The van der Waals surface area contributed by atoms with Crippen LogP contribution in [0.4, 0.5) is 0 Å². The fourth-order valence-electron chi connectivity index (χ4n) is 4.37. The fourth-order valence-corrected chi connectivity index (χ4v) is 6.13. The number of amides is 1. The Morgan fingerprint density at radius 3 is 2.66 bits per heavy atom. The van der Waals surface area contributed by atoms with Crippen molar-refractivity contribution in [2.45, 2.75) is 38.1 Å². The summed E-state index contributed by atoms with van der Waals surface area (Å²) < 4.78 is 35.0. The van der Waals surface area contributed by atoms with E-state index in [1.54, 1.807) is 14.7 Å². The van der Waals surface area contributed by atoms with E-state index in [-0.39, 0.29) is 17.9 Å². The van der Waals surface area contributed by atoms with E-state index < -0.39 is 10.2 Å². The highest BCUT2D eigenvalue weighted by Crippen LogP contribution is 2.27. The third-order valence-electron chi connectivity index (χ3n) is 6.01. The van der Waals surface area contributed by atoms with E-state index in [0.717, 1.165) is 25.7 Å². The maximum Gasteiger partial charge on any atom is 0.281 e. The average molecular weight is 420 g/mol. The number of hydrogen-bond acceptors (Lipinski definition) is 4. The van der Waals surface area contributed by atoms with Crippen LogP contribution in [-0.2, 0) is 10.2 Å². The lowest BCUT2D eigenvalue weighted by atomic mass is 9.89. The minimum atomic E-state index is -3.42. The van der Waals surface area contributed by atoms with E-state index in [9.17, 15) is 13.2 Å². The summed E-state index contributed by atoms with van der Waals surface area (Å²) in [4.78, 5) is 12.9. The van der Waals surface area contributed by atoms with E-state index in [4.69, 9.17) is 4.74 Å². The van der Waals surface area contributed by atoms with Crippen molar-refractivity contribution in [3.8, 4) is 5.75 Å². The van der Waals surface area contributed by atoms with E-state index in [1.165, 1.54) is 0 Å². The number of piperidine rings is 1. The molecule has 0 aromatic heterocycles. The van der Waals surface area contributed by atoms with Crippen LogP contribution in [0.15, 0.2) is 36.4 Å². The topological polar surface area (TPSA) is 79.0 Å². The van der Waals surface area contributed by atoms with E-state index in [1.807, 2.05) is 18.2 Å². The molecular formula is C21H29N3O4S. The summed E-state index contributed by atoms with van der Waals surface area (Å²) in [6.45, 7) is 2.60. The van der Waals surface area contributed by atoms with Gasteiger partial charge in [0.2, 0.25) is 0 Å². The van der Waals surface area contributed by atoms with Crippen LogP contribution in [0.5, 0.6) is 5.75 Å². The second-order valence-electron chi connectivity index (χ2n) is 7.94. The lowest BCUT2D eigenvalue weighted by Crippen LogP contribution is -2.54. The van der Waals surface area contributed by atoms with Crippen LogP contribution in [0.1, 0.15) is 42.5 Å². The standard InChI is InChI=1S/C21H29N3O4S/c25-21-18-9-3-4-10-20(18)28-15-7-1-2-8-17-16-24(14-11-19(17)22-21)29(26,27)23-12-5-6-13-23/h1-4,9-10,17,19H,5-8,11-16H2,(H,22,25)/b2-1+/t17-,19+/m0/s1. The normalized spacial score (nSPS) is 28.2. The predicted octanol–water partition coefficient (Wildman–Crippen LogP) is 2.18. The number of allylic oxidation sites excluding steroid dienone is 1. The van der Waals surface area contributed by atoms with Crippen molar-refractivity contribution in [3.05, 3.63) is 42.0 Å². The summed E-state index contributed by atoms with van der Waals surface area (Å²) in [7, 11) is -3.42. The number of nitrogens with one attached hydrogen (secondary N) is 1. The number of rotatable bonds is 2. The van der Waals surface area contributed by atoms with Crippen LogP contribution in [0.2, 0.25) is 0 Å². The van der Waals surface area contributed by atoms with Crippen molar-refractivity contribution < 1.29 is 17.9 Å². The molecule has 4 rings (SSSR count). The molecule has 0 aliphatic carbocycles. The van der Waals surface area contributed by atoms with Gasteiger partial charge in [0.25, 0.3) is 16.1 Å². The van der Waals surface area contributed by atoms with Crippen molar-refractivity contribution in [2.24, 2.45) is 5.92 Å². The molecular weight excluding hydrogens is 390 g/mol. The quantitative estimate of drug-likeness (QED) is 0.746. The Kier molecular flexibility index (Phi) is 6.22. The molecule has 7 nitrogen and oxygen atoms in total. The monoisotopic (exact) mass is 419 g/mol. The van der Waals surface area contributed by atoms with Crippen LogP contribution < -0.4 is 10.1 Å². The van der Waals surface area contributed by atoms with Gasteiger partial charge >= 0.3 is 0 Å². The fraction of sp³-hybridized carbons (Fsp3) is 0.571. The van der Waals surface area contributed by atoms with Gasteiger partial charge in [0.1, 0.15) is 5.75 Å². The molecule has 1 aromatic carbocycles. The molecule has 1 N–H and O–H groups in total. The van der Waals surface area contributed by atoms with Crippen LogP contribution in [0.3, 0.4) is 0 Å². The number of fused-ring (bicyclic) bond motifs is 2. The highest BCUT2D eigenvalue weighted by atomic mass is 32.2. The number of ether oxygens (including phenoxy) is 1. The molecule has 2 atom stereocenters. The van der Waals surface area contributed by atoms with Gasteiger partial charge in [0.05, 0.1) is 12.2 Å². The van der Waals surface area contributed by atoms with Gasteiger partial charge in [-0.05, 0) is 50.2 Å². The van der Waals surface area contributed by atoms with E-state index >= 15 is 0 Å². The average Bonchev–Trinajstić information content (AvgIpc) is 3.26. The lowest BCUT2D eigenvalue weighted by Gasteiger charge is -2.39. The van der Waals surface area contributed by atoms with Crippen LogP contribution >= 0.6 is 0 Å². The number of hydrogen-bond donors (Lipinski definition) is 1. The van der Waals surface area contributed by atoms with Gasteiger partial charge in [-0.3, -0.25) is 4.79 Å². The molecule has 1 amide bonds. The summed E-state index contributed by atoms with van der Waals surface area (Å²) in [5.41, 5.74) is 0.530. The Morgan fingerprint density at radius 1 is 1.03 bits per heavy atom. The van der Waals surface area contributed by atoms with E-state index in [2.05, 4.69) is 17.5 Å². The number of para-hydroxylation sites is 1. The summed E-state index contributed by atoms with van der Waals surface area (Å²) in [6.07, 6.45) is 8.13. The van der Waals surface area contributed by atoms with Crippen LogP contribution in [0, 0.1) is 5.92 Å². The molecule has 0 unspecified atom stereocenters. The second-order valence-corrected chi connectivity index (χ2v) is 9.87. The zero-order valence-corrected chi connectivity index (χ0v) is 17.4. The van der Waals surface area contributed by atoms with Crippen LogP contribution in [0.25, 0.3) is 0 Å². The Bertz CT molecular complexity index is 864. The molecule has 0 saturated carbocycles. The lowest BCUT2D eigenvalue weighted by molar-refractivity contribution is 0.0890. The number of benzene rings is 1. The van der Waals surface area contributed by atoms with Gasteiger partial charge in [0.15, 0.2) is 0 Å². The largest absolute Gasteiger partial charge is 0.492 e. The maximum atomic E-state index is 13.0. The summed E-state index contributed by atoms with van der Waals surface area (Å²) >= 11 is 0.